The van der Waals surface area contributed by atoms with Crippen molar-refractivity contribution in [1.29, 1.82) is 0 Å². The number of hydrogen-bond acceptors (Lipinski definition) is 7. The third kappa shape index (κ3) is 4.11. The van der Waals surface area contributed by atoms with Crippen LogP contribution < -0.4 is 10.1 Å². The Bertz CT molecular complexity index is 635. The number of halogens is 1. The van der Waals surface area contributed by atoms with E-state index < -0.39 is 4.92 Å². The van der Waals surface area contributed by atoms with E-state index in [0.717, 1.165) is 18.1 Å². The number of hydrogen-bond donors (Lipinski definition) is 1. The quantitative estimate of drug-likeness (QED) is 0.589. The molecule has 0 bridgehead atoms. The van der Waals surface area contributed by atoms with Crippen molar-refractivity contribution >= 4 is 38.1 Å². The predicted octanol–water partition coefficient (Wildman–Crippen LogP) is 3.61. The molecular formula is C12H13BrN4O3S. The molecule has 1 aromatic carbocycles. The van der Waals surface area contributed by atoms with Crippen molar-refractivity contribution in [2.24, 2.45) is 0 Å². The molecule has 0 fully saturated rings. The van der Waals surface area contributed by atoms with Crippen LogP contribution in [0.5, 0.6) is 5.75 Å². The van der Waals surface area contributed by atoms with E-state index in [4.69, 9.17) is 4.74 Å². The van der Waals surface area contributed by atoms with E-state index in [9.17, 15) is 10.1 Å². The first-order chi connectivity index (χ1) is 10.1. The molecule has 0 spiro atoms. The molecule has 2 rings (SSSR count). The average molecular weight is 373 g/mol. The molecule has 0 aliphatic carbocycles. The summed E-state index contributed by atoms with van der Waals surface area (Å²) in [4.78, 5) is 10.4. The van der Waals surface area contributed by atoms with Crippen molar-refractivity contribution in [3.63, 3.8) is 0 Å². The van der Waals surface area contributed by atoms with Gasteiger partial charge in [-0.25, -0.2) is 0 Å². The summed E-state index contributed by atoms with van der Waals surface area (Å²) in [6, 6.07) is 4.65. The van der Waals surface area contributed by atoms with Gasteiger partial charge in [-0.15, -0.1) is 10.2 Å². The van der Waals surface area contributed by atoms with Crippen LogP contribution in [0.4, 0.5) is 10.8 Å². The molecule has 0 aliphatic heterocycles. The first kappa shape index (κ1) is 15.6. The number of anilines is 1. The zero-order valence-electron chi connectivity index (χ0n) is 11.2. The van der Waals surface area contributed by atoms with Crippen LogP contribution in [-0.2, 0) is 6.61 Å². The second kappa shape index (κ2) is 7.32. The Balaban J connectivity index is 2.01. The number of nitro groups is 1. The van der Waals surface area contributed by atoms with Crippen LogP contribution in [0.15, 0.2) is 22.7 Å². The SMILES string of the molecule is CCCNc1nnc(COc2cccc([N+](=O)[O-])c2Br)s1. The number of rotatable bonds is 7. The first-order valence-corrected chi connectivity index (χ1v) is 7.84. The maximum Gasteiger partial charge on any atom is 0.287 e. The van der Waals surface area contributed by atoms with Gasteiger partial charge in [0.25, 0.3) is 5.69 Å². The minimum Gasteiger partial charge on any atom is -0.485 e. The lowest BCUT2D eigenvalue weighted by Crippen LogP contribution is -1.98. The molecule has 0 amide bonds. The fourth-order valence-corrected chi connectivity index (χ4v) is 2.71. The second-order valence-corrected chi connectivity index (χ2v) is 5.92. The molecule has 0 radical (unpaired) electrons. The minimum atomic E-state index is -0.464. The monoisotopic (exact) mass is 372 g/mol. The van der Waals surface area contributed by atoms with E-state index in [-0.39, 0.29) is 12.3 Å². The van der Waals surface area contributed by atoms with Gasteiger partial charge < -0.3 is 10.1 Å². The van der Waals surface area contributed by atoms with Crippen LogP contribution in [-0.4, -0.2) is 21.7 Å². The van der Waals surface area contributed by atoms with E-state index >= 15 is 0 Å². The summed E-state index contributed by atoms with van der Waals surface area (Å²) in [5.41, 5.74) is -0.0323. The van der Waals surface area contributed by atoms with Crippen LogP contribution in [0.2, 0.25) is 0 Å². The van der Waals surface area contributed by atoms with Crippen molar-refractivity contribution in [3.8, 4) is 5.75 Å². The molecule has 2 aromatic rings. The molecule has 9 heteroatoms. The first-order valence-electron chi connectivity index (χ1n) is 6.23. The van der Waals surface area contributed by atoms with Gasteiger partial charge in [0.15, 0.2) is 5.01 Å². The number of benzene rings is 1. The molecule has 112 valence electrons. The Morgan fingerprint density at radius 1 is 1.48 bits per heavy atom. The lowest BCUT2D eigenvalue weighted by atomic mass is 10.3. The average Bonchev–Trinajstić information content (AvgIpc) is 2.91. The van der Waals surface area contributed by atoms with Crippen LogP contribution in [0, 0.1) is 10.1 Å². The summed E-state index contributed by atoms with van der Waals surface area (Å²) in [5.74, 6) is 0.405. The van der Waals surface area contributed by atoms with Gasteiger partial charge in [-0.3, -0.25) is 10.1 Å². The van der Waals surface area contributed by atoms with Gasteiger partial charge in [0.1, 0.15) is 16.8 Å². The molecule has 21 heavy (non-hydrogen) atoms. The van der Waals surface area contributed by atoms with E-state index in [1.54, 1.807) is 12.1 Å². The zero-order chi connectivity index (χ0) is 15.2. The summed E-state index contributed by atoms with van der Waals surface area (Å²) in [7, 11) is 0. The standard InChI is InChI=1S/C12H13BrN4O3S/c1-2-6-14-12-16-15-10(21-12)7-20-9-5-3-4-8(11(9)13)17(18)19/h3-5H,2,6-7H2,1H3,(H,14,16). The smallest absolute Gasteiger partial charge is 0.287 e. The van der Waals surface area contributed by atoms with Crippen molar-refractivity contribution in [3.05, 3.63) is 37.8 Å². The number of nitro benzene ring substituents is 1. The minimum absolute atomic E-state index is 0.0323. The second-order valence-electron chi connectivity index (χ2n) is 4.06. The van der Waals surface area contributed by atoms with Gasteiger partial charge in [0.05, 0.1) is 4.92 Å². The Kier molecular flexibility index (Phi) is 5.45. The van der Waals surface area contributed by atoms with Gasteiger partial charge in [-0.05, 0) is 28.4 Å². The Labute approximate surface area is 133 Å². The van der Waals surface area contributed by atoms with Gasteiger partial charge >= 0.3 is 0 Å². The molecule has 1 heterocycles. The number of ether oxygens (including phenoxy) is 1. The molecule has 0 aliphatic rings. The lowest BCUT2D eigenvalue weighted by molar-refractivity contribution is -0.385. The summed E-state index contributed by atoms with van der Waals surface area (Å²) in [6.45, 7) is 3.12. The van der Waals surface area contributed by atoms with Crippen molar-refractivity contribution < 1.29 is 9.66 Å². The number of nitrogens with one attached hydrogen (secondary N) is 1. The summed E-state index contributed by atoms with van der Waals surface area (Å²) in [6.07, 6.45) is 1.01. The summed E-state index contributed by atoms with van der Waals surface area (Å²) >= 11 is 4.58. The number of nitrogens with zero attached hydrogens (tertiary/aromatic N) is 3. The van der Waals surface area contributed by atoms with E-state index in [2.05, 4.69) is 38.4 Å². The maximum absolute atomic E-state index is 10.8. The van der Waals surface area contributed by atoms with Crippen LogP contribution in [0.25, 0.3) is 0 Å². The summed E-state index contributed by atoms with van der Waals surface area (Å²) < 4.78 is 5.88. The fourth-order valence-electron chi connectivity index (χ4n) is 1.51. The third-order valence-electron chi connectivity index (χ3n) is 2.48. The summed E-state index contributed by atoms with van der Waals surface area (Å²) in [5, 5.41) is 23.4. The zero-order valence-corrected chi connectivity index (χ0v) is 13.6. The Hall–Kier alpha value is -1.74. The van der Waals surface area contributed by atoms with Crippen molar-refractivity contribution in [1.82, 2.24) is 10.2 Å². The highest BCUT2D eigenvalue weighted by Gasteiger charge is 2.16. The molecule has 1 aromatic heterocycles. The highest BCUT2D eigenvalue weighted by Crippen LogP contribution is 2.34. The molecule has 1 N–H and O–H groups in total. The van der Waals surface area contributed by atoms with Gasteiger partial charge in [-0.2, -0.15) is 0 Å². The molecule has 7 nitrogen and oxygen atoms in total. The highest BCUT2D eigenvalue weighted by molar-refractivity contribution is 9.10. The molecular weight excluding hydrogens is 360 g/mol. The molecule has 0 saturated carbocycles. The number of aromatic nitrogens is 2. The molecule has 0 unspecified atom stereocenters. The Morgan fingerprint density at radius 3 is 3.00 bits per heavy atom. The normalized spacial score (nSPS) is 10.4. The van der Waals surface area contributed by atoms with Crippen LogP contribution >= 0.6 is 27.3 Å². The van der Waals surface area contributed by atoms with Crippen LogP contribution in [0.3, 0.4) is 0 Å². The van der Waals surface area contributed by atoms with Gasteiger partial charge in [0, 0.05) is 12.6 Å². The lowest BCUT2D eigenvalue weighted by Gasteiger charge is -2.06. The van der Waals surface area contributed by atoms with Crippen molar-refractivity contribution in [2.75, 3.05) is 11.9 Å². The van der Waals surface area contributed by atoms with E-state index in [1.165, 1.54) is 17.4 Å². The largest absolute Gasteiger partial charge is 0.485 e. The van der Waals surface area contributed by atoms with Gasteiger partial charge in [-0.1, -0.05) is 24.3 Å². The van der Waals surface area contributed by atoms with Crippen molar-refractivity contribution in [2.45, 2.75) is 20.0 Å². The molecule has 0 saturated heterocycles. The Morgan fingerprint density at radius 2 is 2.29 bits per heavy atom. The predicted molar refractivity (Wildman–Crippen MR) is 83.8 cm³/mol. The van der Waals surface area contributed by atoms with Crippen LogP contribution in [0.1, 0.15) is 18.4 Å². The third-order valence-corrected chi connectivity index (χ3v) is 4.14. The molecule has 0 atom stereocenters. The van der Waals surface area contributed by atoms with E-state index in [0.29, 0.717) is 15.2 Å². The highest BCUT2D eigenvalue weighted by atomic mass is 79.9. The topological polar surface area (TPSA) is 90.2 Å². The fraction of sp³-hybridized carbons (Fsp3) is 0.333. The van der Waals surface area contributed by atoms with E-state index in [1.807, 2.05) is 0 Å². The maximum atomic E-state index is 10.8. The van der Waals surface area contributed by atoms with Gasteiger partial charge in [0.2, 0.25) is 5.13 Å².